The largest absolute Gasteiger partial charge is 0.458 e. The first-order valence-corrected chi connectivity index (χ1v) is 7.66. The van der Waals surface area contributed by atoms with Crippen LogP contribution in [0.25, 0.3) is 10.9 Å². The molecule has 2 heterocycles. The van der Waals surface area contributed by atoms with Crippen molar-refractivity contribution in [2.75, 3.05) is 18.6 Å². The summed E-state index contributed by atoms with van der Waals surface area (Å²) in [7, 11) is 1.93. The molecule has 1 aliphatic heterocycles. The lowest BCUT2D eigenvalue weighted by atomic mass is 10.0. The van der Waals surface area contributed by atoms with Crippen LogP contribution in [0.4, 0.5) is 5.69 Å². The molecule has 22 heavy (non-hydrogen) atoms. The molecule has 1 aromatic carbocycles. The Morgan fingerprint density at radius 3 is 2.91 bits per heavy atom. The Balaban J connectivity index is 2.20. The minimum Gasteiger partial charge on any atom is -0.458 e. The van der Waals surface area contributed by atoms with Gasteiger partial charge in [-0.15, -0.1) is 0 Å². The molecule has 118 valence electrons. The molecule has 2 N–H and O–H groups in total. The lowest BCUT2D eigenvalue weighted by Gasteiger charge is -2.31. The molecule has 0 bridgehead atoms. The van der Waals surface area contributed by atoms with Gasteiger partial charge in [-0.25, -0.2) is 4.79 Å². The molecule has 1 aromatic heterocycles. The number of carbonyl (C=O) groups excluding carboxylic acids is 1. The molecule has 2 atom stereocenters. The van der Waals surface area contributed by atoms with E-state index in [1.807, 2.05) is 50.2 Å². The number of anilines is 1. The van der Waals surface area contributed by atoms with Gasteiger partial charge >= 0.3 is 5.97 Å². The van der Waals surface area contributed by atoms with E-state index in [4.69, 9.17) is 4.74 Å². The number of benzene rings is 1. The molecule has 1 aliphatic rings. The van der Waals surface area contributed by atoms with Crippen LogP contribution in [0.5, 0.6) is 0 Å². The third kappa shape index (κ3) is 2.35. The van der Waals surface area contributed by atoms with Crippen LogP contribution in [-0.2, 0) is 16.0 Å². The van der Waals surface area contributed by atoms with E-state index in [1.165, 1.54) is 0 Å². The summed E-state index contributed by atoms with van der Waals surface area (Å²) in [6.45, 7) is 3.84. The van der Waals surface area contributed by atoms with Gasteiger partial charge < -0.3 is 19.7 Å². The summed E-state index contributed by atoms with van der Waals surface area (Å²) in [5.74, 6) is -0.171. The van der Waals surface area contributed by atoms with Crippen molar-refractivity contribution >= 4 is 22.6 Å². The van der Waals surface area contributed by atoms with Crippen molar-refractivity contribution in [1.82, 2.24) is 4.98 Å². The maximum absolute atomic E-state index is 12.6. The summed E-state index contributed by atoms with van der Waals surface area (Å²) in [5.41, 5.74) is 3.12. The van der Waals surface area contributed by atoms with Gasteiger partial charge in [-0.05, 0) is 23.6 Å². The number of H-pyrrole nitrogens is 1. The number of cyclic esters (lactones) is 1. The third-order valence-electron chi connectivity index (χ3n) is 4.37. The van der Waals surface area contributed by atoms with Crippen LogP contribution in [0.2, 0.25) is 0 Å². The highest BCUT2D eigenvalue weighted by Gasteiger charge is 2.33. The molecule has 5 heteroatoms. The number of likely N-dealkylation sites (N-methyl/N-ethyl adjacent to an activating group) is 1. The van der Waals surface area contributed by atoms with Crippen molar-refractivity contribution < 1.29 is 14.6 Å². The molecule has 0 unspecified atom stereocenters. The van der Waals surface area contributed by atoms with Crippen LogP contribution in [0, 0.1) is 5.92 Å². The smallest absolute Gasteiger partial charge is 0.329 e. The highest BCUT2D eigenvalue weighted by atomic mass is 16.6. The van der Waals surface area contributed by atoms with E-state index in [0.717, 1.165) is 22.2 Å². The van der Waals surface area contributed by atoms with E-state index in [1.54, 1.807) is 0 Å². The molecule has 0 aliphatic carbocycles. The van der Waals surface area contributed by atoms with Gasteiger partial charge in [0.25, 0.3) is 0 Å². The number of aliphatic hydroxyl groups excluding tert-OH is 1. The zero-order valence-electron chi connectivity index (χ0n) is 13.2. The predicted octanol–water partition coefficient (Wildman–Crippen LogP) is 2.09. The van der Waals surface area contributed by atoms with E-state index in [9.17, 15) is 9.90 Å². The molecular formula is C17H22N2O3. The fourth-order valence-corrected chi connectivity index (χ4v) is 3.34. The molecule has 0 radical (unpaired) electrons. The second-order valence-electron chi connectivity index (χ2n) is 6.26. The average molecular weight is 302 g/mol. The van der Waals surface area contributed by atoms with E-state index < -0.39 is 6.10 Å². The van der Waals surface area contributed by atoms with Crippen molar-refractivity contribution in [3.8, 4) is 0 Å². The predicted molar refractivity (Wildman–Crippen MR) is 86.0 cm³/mol. The molecule has 0 saturated heterocycles. The Kier molecular flexibility index (Phi) is 3.83. The van der Waals surface area contributed by atoms with Gasteiger partial charge in [0.1, 0.15) is 12.1 Å². The van der Waals surface area contributed by atoms with E-state index in [2.05, 4.69) is 4.98 Å². The summed E-state index contributed by atoms with van der Waals surface area (Å²) in [5, 5.41) is 10.7. The molecule has 0 amide bonds. The highest BCUT2D eigenvalue weighted by Crippen LogP contribution is 2.33. The summed E-state index contributed by atoms with van der Waals surface area (Å²) in [6, 6.07) is 5.66. The van der Waals surface area contributed by atoms with Gasteiger partial charge in [0.2, 0.25) is 0 Å². The maximum atomic E-state index is 12.6. The van der Waals surface area contributed by atoms with Crippen molar-refractivity contribution in [2.45, 2.75) is 32.4 Å². The lowest BCUT2D eigenvalue weighted by Crippen LogP contribution is -2.45. The number of esters is 1. The average Bonchev–Trinajstić information content (AvgIpc) is 2.89. The van der Waals surface area contributed by atoms with Crippen LogP contribution in [0.15, 0.2) is 24.4 Å². The monoisotopic (exact) mass is 302 g/mol. The van der Waals surface area contributed by atoms with Gasteiger partial charge in [-0.1, -0.05) is 19.9 Å². The van der Waals surface area contributed by atoms with Crippen molar-refractivity contribution in [1.29, 1.82) is 0 Å². The van der Waals surface area contributed by atoms with Crippen molar-refractivity contribution in [3.63, 3.8) is 0 Å². The number of carbonyl (C=O) groups is 1. The quantitative estimate of drug-likeness (QED) is 0.834. The van der Waals surface area contributed by atoms with Crippen LogP contribution < -0.4 is 4.90 Å². The number of nitrogens with one attached hydrogen (secondary N) is 1. The van der Waals surface area contributed by atoms with Crippen LogP contribution in [-0.4, -0.2) is 41.9 Å². The van der Waals surface area contributed by atoms with Crippen molar-refractivity contribution in [3.05, 3.63) is 30.0 Å². The molecule has 0 fully saturated rings. The minimum absolute atomic E-state index is 0.104. The summed E-state index contributed by atoms with van der Waals surface area (Å²) in [4.78, 5) is 17.8. The Bertz CT molecular complexity index is 692. The Morgan fingerprint density at radius 1 is 1.45 bits per heavy atom. The zero-order valence-corrected chi connectivity index (χ0v) is 13.2. The van der Waals surface area contributed by atoms with Gasteiger partial charge in [0.05, 0.1) is 6.61 Å². The first-order valence-electron chi connectivity index (χ1n) is 7.66. The van der Waals surface area contributed by atoms with Crippen LogP contribution in [0.1, 0.15) is 19.4 Å². The van der Waals surface area contributed by atoms with Gasteiger partial charge in [-0.2, -0.15) is 0 Å². The first-order chi connectivity index (χ1) is 10.5. The first kappa shape index (κ1) is 14.9. The second-order valence-corrected chi connectivity index (χ2v) is 6.26. The topological polar surface area (TPSA) is 65.6 Å². The highest BCUT2D eigenvalue weighted by molar-refractivity contribution is 5.97. The van der Waals surface area contributed by atoms with E-state index in [0.29, 0.717) is 6.42 Å². The summed E-state index contributed by atoms with van der Waals surface area (Å²) in [6.07, 6.45) is 1.94. The molecule has 5 nitrogen and oxygen atoms in total. The Morgan fingerprint density at radius 2 is 2.23 bits per heavy atom. The Labute approximate surface area is 129 Å². The standard InChI is InChI=1S/C17H22N2O3/c1-10(2)16-17(21)22-12(9-20)7-11-8-18-13-5-4-6-14(15(11)13)19(16)3/h4-6,8,10,12,16,18,20H,7,9H2,1-3H3/t12-,16-/m0/s1. The van der Waals surface area contributed by atoms with Gasteiger partial charge in [0, 0.05) is 36.3 Å². The molecule has 3 rings (SSSR count). The lowest BCUT2D eigenvalue weighted by molar-refractivity contribution is -0.153. The molecule has 0 saturated carbocycles. The normalized spacial score (nSPS) is 22.4. The Hall–Kier alpha value is -2.01. The molecular weight excluding hydrogens is 280 g/mol. The number of hydrogen-bond acceptors (Lipinski definition) is 4. The van der Waals surface area contributed by atoms with E-state index >= 15 is 0 Å². The van der Waals surface area contributed by atoms with E-state index in [-0.39, 0.29) is 24.5 Å². The number of ether oxygens (including phenoxy) is 1. The molecule has 0 spiro atoms. The van der Waals surface area contributed by atoms with Crippen molar-refractivity contribution in [2.24, 2.45) is 5.92 Å². The number of rotatable bonds is 2. The summed E-state index contributed by atoms with van der Waals surface area (Å²) >= 11 is 0. The number of hydrogen-bond donors (Lipinski definition) is 2. The fourth-order valence-electron chi connectivity index (χ4n) is 3.34. The van der Waals surface area contributed by atoms with Gasteiger partial charge in [-0.3, -0.25) is 0 Å². The number of aromatic amines is 1. The number of aromatic nitrogens is 1. The SMILES string of the molecule is CC(C)[C@H]1C(=O)O[C@H](CO)Cc2c[nH]c3cccc(c23)N1C. The zero-order chi connectivity index (χ0) is 15.9. The summed E-state index contributed by atoms with van der Waals surface area (Å²) < 4.78 is 5.55. The number of aliphatic hydroxyl groups is 1. The maximum Gasteiger partial charge on any atom is 0.329 e. The van der Waals surface area contributed by atoms with Gasteiger partial charge in [0.15, 0.2) is 0 Å². The third-order valence-corrected chi connectivity index (χ3v) is 4.37. The minimum atomic E-state index is -0.507. The number of nitrogens with zero attached hydrogens (tertiary/aromatic N) is 1. The van der Waals surface area contributed by atoms with Crippen LogP contribution in [0.3, 0.4) is 0 Å². The fraction of sp³-hybridized carbons (Fsp3) is 0.471. The second kappa shape index (κ2) is 5.65. The molecule has 2 aromatic rings. The van der Waals surface area contributed by atoms with Crippen LogP contribution >= 0.6 is 0 Å².